The van der Waals surface area contributed by atoms with Crippen LogP contribution in [0.15, 0.2) is 24.3 Å². The third kappa shape index (κ3) is 4.85. The number of nitrogens with zero attached hydrogens (tertiary/aromatic N) is 2. The molecular formula is C22H33N3O3. The number of amides is 2. The van der Waals surface area contributed by atoms with Crippen molar-refractivity contribution in [2.45, 2.75) is 56.9 Å². The van der Waals surface area contributed by atoms with Gasteiger partial charge in [-0.05, 0) is 56.7 Å². The summed E-state index contributed by atoms with van der Waals surface area (Å²) in [5, 5.41) is 12.2. The SMILES string of the molecule is CN(CC(=O)O)C1CCCN(C(=O)NCC2(C)CCCc3ccccc32)CC1. The molecule has 1 heterocycles. The summed E-state index contributed by atoms with van der Waals surface area (Å²) in [6, 6.07) is 8.82. The summed E-state index contributed by atoms with van der Waals surface area (Å²) in [4.78, 5) is 27.5. The van der Waals surface area contributed by atoms with Crippen LogP contribution in [-0.4, -0.2) is 66.2 Å². The van der Waals surface area contributed by atoms with Crippen LogP contribution in [0.25, 0.3) is 0 Å². The number of benzene rings is 1. The minimum absolute atomic E-state index is 0.00539. The summed E-state index contributed by atoms with van der Waals surface area (Å²) in [6.45, 7) is 4.37. The number of carbonyl (C=O) groups is 2. The summed E-state index contributed by atoms with van der Waals surface area (Å²) in [5.41, 5.74) is 2.76. The van der Waals surface area contributed by atoms with Crippen molar-refractivity contribution in [3.8, 4) is 0 Å². The Kier molecular flexibility index (Phi) is 6.60. The maximum atomic E-state index is 12.8. The van der Waals surface area contributed by atoms with Gasteiger partial charge in [-0.1, -0.05) is 31.2 Å². The van der Waals surface area contributed by atoms with E-state index in [9.17, 15) is 9.59 Å². The third-order valence-corrected chi connectivity index (χ3v) is 6.46. The summed E-state index contributed by atoms with van der Waals surface area (Å²) < 4.78 is 0. The lowest BCUT2D eigenvalue weighted by atomic mass is 9.71. The minimum atomic E-state index is -0.803. The van der Waals surface area contributed by atoms with Crippen LogP contribution in [0.5, 0.6) is 0 Å². The number of likely N-dealkylation sites (N-methyl/N-ethyl adjacent to an activating group) is 1. The molecule has 2 N–H and O–H groups in total. The van der Waals surface area contributed by atoms with Gasteiger partial charge in [-0.3, -0.25) is 9.69 Å². The monoisotopic (exact) mass is 387 g/mol. The standard InChI is InChI=1S/C22H33N3O3/c1-22(12-5-8-17-7-3-4-10-19(17)22)16-23-21(28)25-13-6-9-18(11-14-25)24(2)15-20(26)27/h3-4,7,10,18H,5-6,8-9,11-16H2,1-2H3,(H,23,28)(H,26,27). The zero-order chi connectivity index (χ0) is 20.1. The van der Waals surface area contributed by atoms with Gasteiger partial charge in [-0.15, -0.1) is 0 Å². The quantitative estimate of drug-likeness (QED) is 0.815. The number of nitrogens with one attached hydrogen (secondary N) is 1. The maximum Gasteiger partial charge on any atom is 0.317 e. The van der Waals surface area contributed by atoms with Crippen LogP contribution in [0.1, 0.15) is 50.2 Å². The first-order chi connectivity index (χ1) is 13.4. The van der Waals surface area contributed by atoms with E-state index in [1.165, 1.54) is 11.1 Å². The Morgan fingerprint density at radius 3 is 2.82 bits per heavy atom. The molecule has 0 radical (unpaired) electrons. The van der Waals surface area contributed by atoms with Gasteiger partial charge in [0.2, 0.25) is 0 Å². The van der Waals surface area contributed by atoms with E-state index in [4.69, 9.17) is 5.11 Å². The molecular weight excluding hydrogens is 354 g/mol. The number of hydrogen-bond acceptors (Lipinski definition) is 3. The molecule has 0 bridgehead atoms. The Bertz CT molecular complexity index is 708. The van der Waals surface area contributed by atoms with Crippen LogP contribution in [0, 0.1) is 0 Å². The number of carboxylic acid groups (broad SMARTS) is 1. The van der Waals surface area contributed by atoms with Crippen LogP contribution in [0.3, 0.4) is 0 Å². The van der Waals surface area contributed by atoms with Crippen molar-refractivity contribution in [3.05, 3.63) is 35.4 Å². The van der Waals surface area contributed by atoms with E-state index in [-0.39, 0.29) is 24.0 Å². The highest BCUT2D eigenvalue weighted by atomic mass is 16.4. The van der Waals surface area contributed by atoms with Gasteiger partial charge in [0.1, 0.15) is 0 Å². The van der Waals surface area contributed by atoms with Gasteiger partial charge in [0.05, 0.1) is 6.54 Å². The molecule has 3 rings (SSSR count). The molecule has 154 valence electrons. The van der Waals surface area contributed by atoms with Gasteiger partial charge in [0.15, 0.2) is 0 Å². The molecule has 1 aromatic rings. The molecule has 0 aromatic heterocycles. The van der Waals surface area contributed by atoms with Crippen molar-refractivity contribution >= 4 is 12.0 Å². The van der Waals surface area contributed by atoms with Gasteiger partial charge < -0.3 is 15.3 Å². The molecule has 6 nitrogen and oxygen atoms in total. The fourth-order valence-electron chi connectivity index (χ4n) is 4.76. The van der Waals surface area contributed by atoms with Crippen molar-refractivity contribution in [1.82, 2.24) is 15.1 Å². The molecule has 1 saturated heterocycles. The highest BCUT2D eigenvalue weighted by Gasteiger charge is 2.33. The van der Waals surface area contributed by atoms with Crippen molar-refractivity contribution in [2.75, 3.05) is 33.2 Å². The average Bonchev–Trinajstić information content (AvgIpc) is 2.92. The number of likely N-dealkylation sites (tertiary alicyclic amines) is 1. The number of aliphatic carboxylic acids is 1. The molecule has 2 atom stereocenters. The normalized spacial score (nSPS) is 25.1. The minimum Gasteiger partial charge on any atom is -0.480 e. The molecule has 28 heavy (non-hydrogen) atoms. The first-order valence-corrected chi connectivity index (χ1v) is 10.4. The Hall–Kier alpha value is -2.08. The average molecular weight is 388 g/mol. The van der Waals surface area contributed by atoms with Crippen LogP contribution < -0.4 is 5.32 Å². The summed E-state index contributed by atoms with van der Waals surface area (Å²) in [7, 11) is 1.86. The Labute approximate surface area is 167 Å². The van der Waals surface area contributed by atoms with Gasteiger partial charge >= 0.3 is 12.0 Å². The fraction of sp³-hybridized carbons (Fsp3) is 0.636. The smallest absolute Gasteiger partial charge is 0.317 e. The summed E-state index contributed by atoms with van der Waals surface area (Å²) >= 11 is 0. The van der Waals surface area contributed by atoms with Crippen LogP contribution in [-0.2, 0) is 16.6 Å². The number of carboxylic acids is 1. The second kappa shape index (κ2) is 8.95. The maximum absolute atomic E-state index is 12.8. The fourth-order valence-corrected chi connectivity index (χ4v) is 4.76. The lowest BCUT2D eigenvalue weighted by Gasteiger charge is -2.37. The van der Waals surface area contributed by atoms with Crippen molar-refractivity contribution in [1.29, 1.82) is 0 Å². The van der Waals surface area contributed by atoms with E-state index >= 15 is 0 Å². The molecule has 1 aliphatic carbocycles. The highest BCUT2D eigenvalue weighted by Crippen LogP contribution is 2.36. The van der Waals surface area contributed by atoms with E-state index in [0.29, 0.717) is 13.1 Å². The predicted octanol–water partition coefficient (Wildman–Crippen LogP) is 2.86. The number of rotatable bonds is 5. The van der Waals surface area contributed by atoms with Gasteiger partial charge in [-0.25, -0.2) is 4.79 Å². The summed E-state index contributed by atoms with van der Waals surface area (Å²) in [5.74, 6) is -0.803. The second-order valence-electron chi connectivity index (χ2n) is 8.61. The number of carbonyl (C=O) groups excluding carboxylic acids is 1. The second-order valence-corrected chi connectivity index (χ2v) is 8.61. The van der Waals surface area contributed by atoms with Crippen molar-refractivity contribution in [2.24, 2.45) is 0 Å². The van der Waals surface area contributed by atoms with Crippen LogP contribution >= 0.6 is 0 Å². The first kappa shape index (κ1) is 20.6. The van der Waals surface area contributed by atoms with Gasteiger partial charge in [0.25, 0.3) is 0 Å². The number of aryl methyl sites for hydroxylation is 1. The number of fused-ring (bicyclic) bond motifs is 1. The van der Waals surface area contributed by atoms with E-state index < -0.39 is 5.97 Å². The Balaban J connectivity index is 1.55. The molecule has 2 amide bonds. The van der Waals surface area contributed by atoms with Gasteiger partial charge in [-0.2, -0.15) is 0 Å². The molecule has 1 aromatic carbocycles. The third-order valence-electron chi connectivity index (χ3n) is 6.46. The first-order valence-electron chi connectivity index (χ1n) is 10.4. The number of hydrogen-bond donors (Lipinski definition) is 2. The van der Waals surface area contributed by atoms with E-state index in [0.717, 1.165) is 45.1 Å². The van der Waals surface area contributed by atoms with E-state index in [1.54, 1.807) is 0 Å². The molecule has 0 spiro atoms. The molecule has 0 saturated carbocycles. The topological polar surface area (TPSA) is 72.9 Å². The lowest BCUT2D eigenvalue weighted by Crippen LogP contribution is -2.47. The zero-order valence-corrected chi connectivity index (χ0v) is 17.1. The summed E-state index contributed by atoms with van der Waals surface area (Å²) in [6.07, 6.45) is 6.02. The largest absolute Gasteiger partial charge is 0.480 e. The molecule has 1 fully saturated rings. The molecule has 1 aliphatic heterocycles. The molecule has 6 heteroatoms. The van der Waals surface area contributed by atoms with E-state index in [2.05, 4.69) is 36.5 Å². The Morgan fingerprint density at radius 1 is 1.25 bits per heavy atom. The van der Waals surface area contributed by atoms with Crippen LogP contribution in [0.2, 0.25) is 0 Å². The van der Waals surface area contributed by atoms with Crippen molar-refractivity contribution in [3.63, 3.8) is 0 Å². The number of urea groups is 1. The van der Waals surface area contributed by atoms with E-state index in [1.807, 2.05) is 16.8 Å². The zero-order valence-electron chi connectivity index (χ0n) is 17.1. The lowest BCUT2D eigenvalue weighted by molar-refractivity contribution is -0.138. The van der Waals surface area contributed by atoms with Crippen molar-refractivity contribution < 1.29 is 14.7 Å². The molecule has 2 aliphatic rings. The predicted molar refractivity (Wildman–Crippen MR) is 110 cm³/mol. The van der Waals surface area contributed by atoms with Gasteiger partial charge in [0, 0.05) is 31.1 Å². The Morgan fingerprint density at radius 2 is 2.04 bits per heavy atom. The van der Waals surface area contributed by atoms with Crippen LogP contribution in [0.4, 0.5) is 4.79 Å². The highest BCUT2D eigenvalue weighted by molar-refractivity contribution is 5.74. The molecule has 2 unspecified atom stereocenters.